The molecule has 1 aliphatic heterocycles. The second-order valence-corrected chi connectivity index (χ2v) is 9.47. The zero-order valence-electron chi connectivity index (χ0n) is 21.1. The highest BCUT2D eigenvalue weighted by molar-refractivity contribution is 6.03. The van der Waals surface area contributed by atoms with Crippen molar-refractivity contribution in [3.05, 3.63) is 88.2 Å². The van der Waals surface area contributed by atoms with Gasteiger partial charge in [0.25, 0.3) is 5.56 Å². The summed E-state index contributed by atoms with van der Waals surface area (Å²) in [6.07, 6.45) is 1.45. The minimum atomic E-state index is -0.572. The van der Waals surface area contributed by atoms with Crippen LogP contribution in [0.5, 0.6) is 0 Å². The Hall–Kier alpha value is -5.13. The third-order valence-electron chi connectivity index (χ3n) is 6.62. The van der Waals surface area contributed by atoms with Crippen LogP contribution in [0.1, 0.15) is 17.7 Å². The summed E-state index contributed by atoms with van der Waals surface area (Å²) in [5.41, 5.74) is 2.70. The number of halogens is 1. The van der Waals surface area contributed by atoms with Crippen molar-refractivity contribution >= 4 is 34.4 Å². The number of anilines is 2. The number of benzene rings is 2. The van der Waals surface area contributed by atoms with Crippen molar-refractivity contribution in [3.8, 4) is 11.6 Å². The third-order valence-corrected chi connectivity index (χ3v) is 6.62. The van der Waals surface area contributed by atoms with Crippen molar-refractivity contribution in [3.63, 3.8) is 0 Å². The number of nitrogens with one attached hydrogen (secondary N) is 2. The molecular weight excluding hydrogens is 503 g/mol. The van der Waals surface area contributed by atoms with E-state index in [0.717, 1.165) is 11.3 Å². The summed E-state index contributed by atoms with van der Waals surface area (Å²) >= 11 is 0. The number of fused-ring (bicyclic) bond motifs is 1. The maximum Gasteiger partial charge on any atom is 0.263 e. The van der Waals surface area contributed by atoms with Crippen LogP contribution in [0.2, 0.25) is 0 Å². The van der Waals surface area contributed by atoms with Crippen molar-refractivity contribution in [2.75, 3.05) is 16.8 Å². The van der Waals surface area contributed by atoms with E-state index in [9.17, 15) is 18.8 Å². The quantitative estimate of drug-likeness (QED) is 0.362. The molecule has 0 spiro atoms. The molecule has 0 saturated carbocycles. The minimum absolute atomic E-state index is 0.0588. The molecule has 1 aliphatic rings. The molecule has 0 aliphatic carbocycles. The van der Waals surface area contributed by atoms with Gasteiger partial charge in [0.15, 0.2) is 5.65 Å². The van der Waals surface area contributed by atoms with Gasteiger partial charge in [-0.3, -0.25) is 19.4 Å². The summed E-state index contributed by atoms with van der Waals surface area (Å²) in [6.45, 7) is 3.95. The highest BCUT2D eigenvalue weighted by Gasteiger charge is 2.35. The van der Waals surface area contributed by atoms with Crippen molar-refractivity contribution in [1.82, 2.24) is 29.5 Å². The van der Waals surface area contributed by atoms with Crippen LogP contribution in [0.25, 0.3) is 22.7 Å². The Morgan fingerprint density at radius 2 is 1.74 bits per heavy atom. The number of H-pyrrole nitrogens is 1. The molecule has 11 nitrogen and oxygen atoms in total. The van der Waals surface area contributed by atoms with Gasteiger partial charge in [-0.1, -0.05) is 17.7 Å². The number of carbonyl (C=O) groups is 2. The predicted molar refractivity (Wildman–Crippen MR) is 142 cm³/mol. The van der Waals surface area contributed by atoms with E-state index in [1.54, 1.807) is 17.9 Å². The third kappa shape index (κ3) is 4.45. The Bertz CT molecular complexity index is 1790. The topological polar surface area (TPSA) is 131 Å². The fraction of sp³-hybridized carbons (Fsp3) is 0.185. The van der Waals surface area contributed by atoms with Crippen LogP contribution in [0, 0.1) is 25.6 Å². The van der Waals surface area contributed by atoms with Crippen LogP contribution in [0.3, 0.4) is 0 Å². The molecule has 1 atom stereocenters. The van der Waals surface area contributed by atoms with Crippen molar-refractivity contribution < 1.29 is 14.0 Å². The lowest BCUT2D eigenvalue weighted by atomic mass is 10.1. The van der Waals surface area contributed by atoms with E-state index in [0.29, 0.717) is 11.4 Å². The van der Waals surface area contributed by atoms with Crippen molar-refractivity contribution in [2.45, 2.75) is 20.3 Å². The Balaban J connectivity index is 1.30. The molecule has 1 saturated heterocycles. The SMILES string of the molecule is Cc1ccc(N2CC(C(=O)Nc3cc(C)nn3-c3nc4c(cnn4-c4ccc(F)cc4)c(=O)[nH]3)CC2=O)cc1. The molecule has 2 N–H and O–H groups in total. The van der Waals surface area contributed by atoms with E-state index in [1.807, 2.05) is 31.2 Å². The van der Waals surface area contributed by atoms with Gasteiger partial charge in [0, 0.05) is 24.7 Å². The maximum atomic E-state index is 13.4. The lowest BCUT2D eigenvalue weighted by Crippen LogP contribution is -2.28. The van der Waals surface area contributed by atoms with Gasteiger partial charge < -0.3 is 10.2 Å². The standard InChI is InChI=1S/C27H23FN8O3/c1-15-3-7-19(8-4-15)34-14-17(12-23(34)37)25(38)30-22-11-16(2)33-36(22)27-31-24-21(26(39)32-27)13-29-35(24)20-9-5-18(28)6-10-20/h3-11,13,17H,12,14H2,1-2H3,(H,30,38)(H,31,32,39). The van der Waals surface area contributed by atoms with E-state index >= 15 is 0 Å². The molecule has 5 aromatic rings. The molecule has 3 aromatic heterocycles. The second-order valence-electron chi connectivity index (χ2n) is 9.47. The van der Waals surface area contributed by atoms with Gasteiger partial charge in [-0.15, -0.1) is 0 Å². The average molecular weight is 527 g/mol. The summed E-state index contributed by atoms with van der Waals surface area (Å²) < 4.78 is 16.2. The largest absolute Gasteiger partial charge is 0.312 e. The number of hydrogen-bond donors (Lipinski definition) is 2. The van der Waals surface area contributed by atoms with Crippen molar-refractivity contribution in [2.24, 2.45) is 5.92 Å². The molecule has 2 aromatic carbocycles. The highest BCUT2D eigenvalue weighted by Crippen LogP contribution is 2.27. The van der Waals surface area contributed by atoms with Gasteiger partial charge in [0.1, 0.15) is 17.0 Å². The first-order valence-electron chi connectivity index (χ1n) is 12.3. The molecular formula is C27H23FN8O3. The number of rotatable bonds is 5. The number of aryl methyl sites for hydroxylation is 2. The number of carbonyl (C=O) groups excluding carboxylic acids is 2. The zero-order valence-corrected chi connectivity index (χ0v) is 21.1. The molecule has 1 unspecified atom stereocenters. The number of hydrogen-bond acceptors (Lipinski definition) is 6. The summed E-state index contributed by atoms with van der Waals surface area (Å²) in [5.74, 6) is -1.11. The molecule has 0 bridgehead atoms. The number of aromatic amines is 1. The van der Waals surface area contributed by atoms with Gasteiger partial charge >= 0.3 is 0 Å². The van der Waals surface area contributed by atoms with Crippen LogP contribution in [-0.2, 0) is 9.59 Å². The second kappa shape index (κ2) is 9.31. The van der Waals surface area contributed by atoms with Gasteiger partial charge in [0.2, 0.25) is 17.8 Å². The summed E-state index contributed by atoms with van der Waals surface area (Å²) in [7, 11) is 0. The smallest absolute Gasteiger partial charge is 0.263 e. The average Bonchev–Trinajstić information content (AvgIpc) is 3.62. The minimum Gasteiger partial charge on any atom is -0.312 e. The van der Waals surface area contributed by atoms with Gasteiger partial charge in [-0.05, 0) is 50.2 Å². The molecule has 39 heavy (non-hydrogen) atoms. The van der Waals surface area contributed by atoms with Crippen LogP contribution in [0.4, 0.5) is 15.9 Å². The van der Waals surface area contributed by atoms with Gasteiger partial charge in [-0.2, -0.15) is 19.9 Å². The van der Waals surface area contributed by atoms with E-state index in [-0.39, 0.29) is 47.6 Å². The fourth-order valence-corrected chi connectivity index (χ4v) is 4.61. The first kappa shape index (κ1) is 24.2. The lowest BCUT2D eigenvalue weighted by Gasteiger charge is -2.17. The van der Waals surface area contributed by atoms with E-state index < -0.39 is 17.3 Å². The van der Waals surface area contributed by atoms with Gasteiger partial charge in [-0.25, -0.2) is 9.07 Å². The van der Waals surface area contributed by atoms with E-state index in [1.165, 1.54) is 39.8 Å². The summed E-state index contributed by atoms with van der Waals surface area (Å²) in [6, 6.07) is 14.8. The first-order chi connectivity index (χ1) is 18.8. The molecule has 1 fully saturated rings. The maximum absolute atomic E-state index is 13.4. The Morgan fingerprint density at radius 1 is 1.03 bits per heavy atom. The Labute approximate surface area is 220 Å². The number of aromatic nitrogens is 6. The highest BCUT2D eigenvalue weighted by atomic mass is 19.1. The summed E-state index contributed by atoms with van der Waals surface area (Å²) in [4.78, 5) is 47.6. The van der Waals surface area contributed by atoms with Crippen molar-refractivity contribution in [1.29, 1.82) is 0 Å². The molecule has 196 valence electrons. The predicted octanol–water partition coefficient (Wildman–Crippen LogP) is 3.04. The molecule has 6 rings (SSSR count). The first-order valence-corrected chi connectivity index (χ1v) is 12.3. The normalized spacial score (nSPS) is 15.3. The Kier molecular flexibility index (Phi) is 5.78. The van der Waals surface area contributed by atoms with Crippen LogP contribution in [0.15, 0.2) is 65.6 Å². The van der Waals surface area contributed by atoms with Crippen LogP contribution < -0.4 is 15.8 Å². The Morgan fingerprint density at radius 3 is 2.49 bits per heavy atom. The van der Waals surface area contributed by atoms with Crippen LogP contribution in [-0.4, -0.2) is 47.9 Å². The van der Waals surface area contributed by atoms with Gasteiger partial charge in [0.05, 0.1) is 23.5 Å². The number of amides is 2. The van der Waals surface area contributed by atoms with Crippen LogP contribution >= 0.6 is 0 Å². The monoisotopic (exact) mass is 526 g/mol. The molecule has 2 amide bonds. The fourth-order valence-electron chi connectivity index (χ4n) is 4.61. The zero-order chi connectivity index (χ0) is 27.3. The molecule has 0 radical (unpaired) electrons. The lowest BCUT2D eigenvalue weighted by molar-refractivity contribution is -0.122. The summed E-state index contributed by atoms with van der Waals surface area (Å²) in [5, 5.41) is 11.7. The number of nitrogens with zero attached hydrogens (tertiary/aromatic N) is 6. The van der Waals surface area contributed by atoms with E-state index in [2.05, 4.69) is 25.5 Å². The molecule has 12 heteroatoms. The molecule has 4 heterocycles. The van der Waals surface area contributed by atoms with E-state index in [4.69, 9.17) is 0 Å².